The van der Waals surface area contributed by atoms with E-state index >= 15 is 0 Å². The zero-order valence-corrected chi connectivity index (χ0v) is 16.0. The number of aryl methyl sites for hydroxylation is 1. The van der Waals surface area contributed by atoms with Gasteiger partial charge in [0.05, 0.1) is 10.7 Å². The first-order valence-electron chi connectivity index (χ1n) is 9.17. The van der Waals surface area contributed by atoms with Crippen LogP contribution >= 0.6 is 11.6 Å². The second-order valence-electron chi connectivity index (χ2n) is 6.69. The summed E-state index contributed by atoms with van der Waals surface area (Å²) in [5, 5.41) is 7.18. The molecule has 0 atom stereocenters. The lowest BCUT2D eigenvalue weighted by Crippen LogP contribution is -2.17. The second-order valence-corrected chi connectivity index (χ2v) is 7.10. The van der Waals surface area contributed by atoms with Crippen molar-refractivity contribution < 1.29 is 0 Å². The van der Waals surface area contributed by atoms with Crippen LogP contribution in [0.15, 0.2) is 54.6 Å². The molecule has 0 saturated carbocycles. The van der Waals surface area contributed by atoms with Crippen molar-refractivity contribution in [1.82, 2.24) is 9.97 Å². The molecule has 4 rings (SSSR count). The zero-order chi connectivity index (χ0) is 18.6. The Kier molecular flexibility index (Phi) is 5.12. The monoisotopic (exact) mass is 379 g/mol. The lowest BCUT2D eigenvalue weighted by Gasteiger charge is -2.18. The third-order valence-electron chi connectivity index (χ3n) is 4.59. The molecule has 1 aromatic heterocycles. The van der Waals surface area contributed by atoms with Crippen molar-refractivity contribution in [2.75, 3.05) is 28.6 Å². The maximum atomic E-state index is 6.21. The average molecular weight is 380 g/mol. The topological polar surface area (TPSA) is 53.1 Å². The van der Waals surface area contributed by atoms with Crippen LogP contribution < -0.4 is 15.5 Å². The summed E-state index contributed by atoms with van der Waals surface area (Å²) in [4.78, 5) is 11.4. The predicted molar refractivity (Wildman–Crippen MR) is 113 cm³/mol. The highest BCUT2D eigenvalue weighted by molar-refractivity contribution is 6.33. The van der Waals surface area contributed by atoms with E-state index in [0.717, 1.165) is 36.0 Å². The van der Waals surface area contributed by atoms with Gasteiger partial charge in [0.15, 0.2) is 0 Å². The van der Waals surface area contributed by atoms with Crippen LogP contribution in [0.25, 0.3) is 0 Å². The third kappa shape index (κ3) is 4.31. The molecule has 1 aliphatic heterocycles. The Bertz CT molecular complexity index is 920. The maximum Gasteiger partial charge on any atom is 0.229 e. The SMILES string of the molecule is Cc1cc(Nc2ccc(N3CCCC3)cc2)nc(Nc2ccccc2Cl)n1. The molecule has 2 heterocycles. The molecule has 2 aromatic carbocycles. The van der Waals surface area contributed by atoms with Crippen molar-refractivity contribution in [1.29, 1.82) is 0 Å². The molecule has 5 nitrogen and oxygen atoms in total. The second kappa shape index (κ2) is 7.84. The van der Waals surface area contributed by atoms with Gasteiger partial charge in [-0.05, 0) is 56.2 Å². The molecule has 0 unspecified atom stereocenters. The molecule has 0 radical (unpaired) electrons. The lowest BCUT2D eigenvalue weighted by atomic mass is 10.2. The van der Waals surface area contributed by atoms with Crippen LogP contribution in [-0.4, -0.2) is 23.1 Å². The summed E-state index contributed by atoms with van der Waals surface area (Å²) in [5.41, 5.74) is 3.93. The molecule has 27 heavy (non-hydrogen) atoms. The van der Waals surface area contributed by atoms with Crippen molar-refractivity contribution in [3.63, 3.8) is 0 Å². The van der Waals surface area contributed by atoms with Crippen molar-refractivity contribution in [2.24, 2.45) is 0 Å². The Labute approximate surface area is 164 Å². The van der Waals surface area contributed by atoms with Gasteiger partial charge in [-0.1, -0.05) is 23.7 Å². The summed E-state index contributed by atoms with van der Waals surface area (Å²) in [6.45, 7) is 4.24. The minimum absolute atomic E-state index is 0.513. The van der Waals surface area contributed by atoms with Crippen molar-refractivity contribution >= 4 is 40.4 Å². The molecule has 0 aliphatic carbocycles. The predicted octanol–water partition coefficient (Wildman–Crippen LogP) is 5.53. The van der Waals surface area contributed by atoms with Gasteiger partial charge >= 0.3 is 0 Å². The molecule has 6 heteroatoms. The van der Waals surface area contributed by atoms with Crippen LogP contribution in [0.5, 0.6) is 0 Å². The Balaban J connectivity index is 1.50. The first-order chi connectivity index (χ1) is 13.2. The van der Waals surface area contributed by atoms with Crippen LogP contribution in [0.4, 0.5) is 28.8 Å². The van der Waals surface area contributed by atoms with E-state index in [1.165, 1.54) is 18.5 Å². The van der Waals surface area contributed by atoms with Gasteiger partial charge in [-0.3, -0.25) is 0 Å². The van der Waals surface area contributed by atoms with Crippen LogP contribution in [0.1, 0.15) is 18.5 Å². The van der Waals surface area contributed by atoms with E-state index in [1.807, 2.05) is 37.3 Å². The van der Waals surface area contributed by atoms with Crippen LogP contribution in [0.2, 0.25) is 5.02 Å². The smallest absolute Gasteiger partial charge is 0.229 e. The molecule has 0 spiro atoms. The summed E-state index contributed by atoms with van der Waals surface area (Å²) in [7, 11) is 0. The first-order valence-corrected chi connectivity index (χ1v) is 9.54. The standard InChI is InChI=1S/C21H22ClN5/c1-15-14-20(26-21(23-15)25-19-7-3-2-6-18(19)22)24-16-8-10-17(11-9-16)27-12-4-5-13-27/h2-3,6-11,14H,4-5,12-13H2,1H3,(H2,23,24,25,26). The lowest BCUT2D eigenvalue weighted by molar-refractivity contribution is 0.949. The normalized spacial score (nSPS) is 13.6. The average Bonchev–Trinajstić information content (AvgIpc) is 3.19. The van der Waals surface area contributed by atoms with Crippen LogP contribution in [-0.2, 0) is 0 Å². The maximum absolute atomic E-state index is 6.21. The van der Waals surface area contributed by atoms with Gasteiger partial charge in [-0.25, -0.2) is 4.98 Å². The fourth-order valence-corrected chi connectivity index (χ4v) is 3.43. The van der Waals surface area contributed by atoms with Gasteiger partial charge in [-0.2, -0.15) is 4.98 Å². The highest BCUT2D eigenvalue weighted by Crippen LogP contribution is 2.26. The van der Waals surface area contributed by atoms with E-state index in [4.69, 9.17) is 11.6 Å². The number of hydrogen-bond acceptors (Lipinski definition) is 5. The van der Waals surface area contributed by atoms with Crippen molar-refractivity contribution in [2.45, 2.75) is 19.8 Å². The molecule has 1 aliphatic rings. The molecular formula is C21H22ClN5. The van der Waals surface area contributed by atoms with E-state index in [-0.39, 0.29) is 0 Å². The van der Waals surface area contributed by atoms with Crippen LogP contribution in [0.3, 0.4) is 0 Å². The Morgan fingerprint density at radius 2 is 1.67 bits per heavy atom. The summed E-state index contributed by atoms with van der Waals surface area (Å²) in [5.74, 6) is 1.25. The highest BCUT2D eigenvalue weighted by Gasteiger charge is 2.12. The minimum atomic E-state index is 0.513. The fraction of sp³-hybridized carbons (Fsp3) is 0.238. The van der Waals surface area contributed by atoms with Gasteiger partial charge in [0.25, 0.3) is 0 Å². The quantitative estimate of drug-likeness (QED) is 0.610. The third-order valence-corrected chi connectivity index (χ3v) is 4.92. The number of hydrogen-bond donors (Lipinski definition) is 2. The minimum Gasteiger partial charge on any atom is -0.372 e. The van der Waals surface area contributed by atoms with Crippen LogP contribution in [0, 0.1) is 6.92 Å². The Hall–Kier alpha value is -2.79. The first kappa shape index (κ1) is 17.6. The van der Waals surface area contributed by atoms with Gasteiger partial charge < -0.3 is 15.5 Å². The number of anilines is 5. The number of halogens is 1. The molecule has 2 N–H and O–H groups in total. The number of aromatic nitrogens is 2. The molecule has 3 aromatic rings. The van der Waals surface area contributed by atoms with Crippen molar-refractivity contribution in [3.8, 4) is 0 Å². The summed E-state index contributed by atoms with van der Waals surface area (Å²) < 4.78 is 0. The van der Waals surface area contributed by atoms with Gasteiger partial charge in [-0.15, -0.1) is 0 Å². The molecule has 0 amide bonds. The van der Waals surface area contributed by atoms with Gasteiger partial charge in [0, 0.05) is 36.2 Å². The van der Waals surface area contributed by atoms with Crippen molar-refractivity contribution in [3.05, 3.63) is 65.3 Å². The molecule has 1 fully saturated rings. The molecule has 0 bridgehead atoms. The number of para-hydroxylation sites is 1. The fourth-order valence-electron chi connectivity index (χ4n) is 3.25. The largest absolute Gasteiger partial charge is 0.372 e. The van der Waals surface area contributed by atoms with E-state index in [1.54, 1.807) is 0 Å². The number of benzene rings is 2. The molecule has 1 saturated heterocycles. The highest BCUT2D eigenvalue weighted by atomic mass is 35.5. The Morgan fingerprint density at radius 3 is 2.41 bits per heavy atom. The van der Waals surface area contributed by atoms with E-state index in [2.05, 4.69) is 49.8 Å². The van der Waals surface area contributed by atoms with Gasteiger partial charge in [0.1, 0.15) is 5.82 Å². The summed E-state index contributed by atoms with van der Waals surface area (Å²) in [6.07, 6.45) is 2.56. The number of rotatable bonds is 5. The summed E-state index contributed by atoms with van der Waals surface area (Å²) >= 11 is 6.21. The van der Waals surface area contributed by atoms with Gasteiger partial charge in [0.2, 0.25) is 5.95 Å². The summed E-state index contributed by atoms with van der Waals surface area (Å²) in [6, 6.07) is 18.0. The van der Waals surface area contributed by atoms with E-state index in [9.17, 15) is 0 Å². The number of nitrogens with zero attached hydrogens (tertiary/aromatic N) is 3. The zero-order valence-electron chi connectivity index (χ0n) is 15.2. The molecule has 138 valence electrons. The van der Waals surface area contributed by atoms with E-state index in [0.29, 0.717) is 11.0 Å². The van der Waals surface area contributed by atoms with E-state index < -0.39 is 0 Å². The number of nitrogens with one attached hydrogen (secondary N) is 2. The molecular weight excluding hydrogens is 358 g/mol. The Morgan fingerprint density at radius 1 is 0.926 bits per heavy atom.